The van der Waals surface area contributed by atoms with Crippen molar-refractivity contribution in [3.05, 3.63) is 59.7 Å². The summed E-state index contributed by atoms with van der Waals surface area (Å²) in [6, 6.07) is 15.7. The molecule has 0 aliphatic heterocycles. The minimum Gasteiger partial charge on any atom is -0.493 e. The van der Waals surface area contributed by atoms with Crippen LogP contribution in [-0.4, -0.2) is 62.7 Å². The summed E-state index contributed by atoms with van der Waals surface area (Å²) in [4.78, 5) is 13.5. The average molecular weight is 627 g/mol. The maximum atomic E-state index is 13.5. The highest BCUT2D eigenvalue weighted by Gasteiger charge is 2.34. The summed E-state index contributed by atoms with van der Waals surface area (Å²) in [6.45, 7) is 10.2. The van der Waals surface area contributed by atoms with Crippen molar-refractivity contribution in [1.29, 1.82) is 0 Å². The molecule has 3 rings (SSSR count). The lowest BCUT2D eigenvalue weighted by molar-refractivity contribution is -0.129. The Hall–Kier alpha value is -2.65. The van der Waals surface area contributed by atoms with E-state index in [1.807, 2.05) is 44.2 Å². The zero-order valence-corrected chi connectivity index (χ0v) is 28.4. The first-order valence-electron chi connectivity index (χ1n) is 16.8. The topological polar surface area (TPSA) is 112 Å². The molecular weight excluding hydrogens is 568 g/mol. The maximum absolute atomic E-state index is 13.5. The Morgan fingerprint density at radius 3 is 2.38 bits per heavy atom. The fourth-order valence-electron chi connectivity index (χ4n) is 6.22. The van der Waals surface area contributed by atoms with Gasteiger partial charge in [-0.2, -0.15) is 0 Å². The van der Waals surface area contributed by atoms with E-state index in [2.05, 4.69) is 37.4 Å². The summed E-state index contributed by atoms with van der Waals surface area (Å²) in [5, 5.41) is 14.6. The molecule has 1 aliphatic rings. The summed E-state index contributed by atoms with van der Waals surface area (Å²) in [5.74, 6) is 1.74. The molecule has 1 saturated carbocycles. The van der Waals surface area contributed by atoms with Crippen LogP contribution in [0.25, 0.3) is 0 Å². The van der Waals surface area contributed by atoms with Gasteiger partial charge in [-0.3, -0.25) is 4.79 Å². The van der Waals surface area contributed by atoms with Gasteiger partial charge in [0.05, 0.1) is 38.6 Å². The van der Waals surface area contributed by atoms with E-state index >= 15 is 0 Å². The number of nitrogens with two attached hydrogens (primary N) is 1. The van der Waals surface area contributed by atoms with Gasteiger partial charge in [-0.1, -0.05) is 64.1 Å². The third-order valence-electron chi connectivity index (χ3n) is 9.21. The van der Waals surface area contributed by atoms with Crippen LogP contribution in [0.1, 0.15) is 77.3 Å². The van der Waals surface area contributed by atoms with Crippen LogP contribution >= 0.6 is 0 Å². The van der Waals surface area contributed by atoms with Crippen LogP contribution in [0.5, 0.6) is 11.5 Å². The van der Waals surface area contributed by atoms with Gasteiger partial charge < -0.3 is 35.1 Å². The first-order valence-corrected chi connectivity index (χ1v) is 16.8. The summed E-state index contributed by atoms with van der Waals surface area (Å²) in [6.07, 6.45) is 4.66. The fourth-order valence-corrected chi connectivity index (χ4v) is 6.22. The summed E-state index contributed by atoms with van der Waals surface area (Å²) >= 11 is 0. The monoisotopic (exact) mass is 626 g/mol. The lowest BCUT2D eigenvalue weighted by Crippen LogP contribution is -2.47. The van der Waals surface area contributed by atoms with Crippen molar-refractivity contribution in [2.45, 2.75) is 104 Å². The van der Waals surface area contributed by atoms with Crippen LogP contribution in [0.2, 0.25) is 0 Å². The number of rotatable bonds is 20. The van der Waals surface area contributed by atoms with E-state index in [0.29, 0.717) is 44.3 Å². The first kappa shape index (κ1) is 36.8. The molecule has 45 heavy (non-hydrogen) atoms. The minimum atomic E-state index is -0.784. The van der Waals surface area contributed by atoms with Crippen LogP contribution in [0.15, 0.2) is 48.5 Å². The number of carbonyl (C=O) groups is 1. The molecule has 1 fully saturated rings. The number of carbonyl (C=O) groups excluding carboxylic acids is 1. The zero-order valence-electron chi connectivity index (χ0n) is 28.4. The highest BCUT2D eigenvalue weighted by molar-refractivity contribution is 5.79. The average Bonchev–Trinajstić information content (AvgIpc) is 3.47. The van der Waals surface area contributed by atoms with Crippen molar-refractivity contribution < 1.29 is 28.8 Å². The predicted octanol–water partition coefficient (Wildman–Crippen LogP) is 5.92. The van der Waals surface area contributed by atoms with Gasteiger partial charge >= 0.3 is 0 Å². The Kier molecular flexibility index (Phi) is 15.6. The second-order valence-corrected chi connectivity index (χ2v) is 13.3. The van der Waals surface area contributed by atoms with Crippen LogP contribution in [0.4, 0.5) is 0 Å². The lowest BCUT2D eigenvalue weighted by atomic mass is 9.80. The molecule has 2 aromatic carbocycles. The van der Waals surface area contributed by atoms with Gasteiger partial charge in [0.1, 0.15) is 0 Å². The molecule has 6 atom stereocenters. The molecule has 2 aromatic rings. The minimum absolute atomic E-state index is 0.00447. The Bertz CT molecular complexity index is 1130. The summed E-state index contributed by atoms with van der Waals surface area (Å²) in [7, 11) is 3.33. The third kappa shape index (κ3) is 11.9. The number of hydrogen-bond donors (Lipinski definition) is 3. The molecule has 4 N–H and O–H groups in total. The lowest BCUT2D eigenvalue weighted by Gasteiger charge is -2.31. The molecule has 0 unspecified atom stereocenters. The van der Waals surface area contributed by atoms with Gasteiger partial charge in [0.15, 0.2) is 11.5 Å². The van der Waals surface area contributed by atoms with Crippen LogP contribution < -0.4 is 20.5 Å². The van der Waals surface area contributed by atoms with Crippen LogP contribution in [0.3, 0.4) is 0 Å². The van der Waals surface area contributed by atoms with Gasteiger partial charge in [-0.25, -0.2) is 0 Å². The van der Waals surface area contributed by atoms with E-state index in [4.69, 9.17) is 24.7 Å². The van der Waals surface area contributed by atoms with E-state index in [0.717, 1.165) is 49.0 Å². The predicted molar refractivity (Wildman–Crippen MR) is 179 cm³/mol. The quantitative estimate of drug-likeness (QED) is 0.157. The number of hydrogen-bond acceptors (Lipinski definition) is 7. The number of ether oxygens (including phenoxy) is 4. The van der Waals surface area contributed by atoms with Gasteiger partial charge in [-0.15, -0.1) is 0 Å². The van der Waals surface area contributed by atoms with Crippen molar-refractivity contribution >= 4 is 5.91 Å². The molecule has 1 amide bonds. The summed E-state index contributed by atoms with van der Waals surface area (Å²) < 4.78 is 22.9. The Balaban J connectivity index is 1.57. The number of aliphatic hydroxyl groups excluding tert-OH is 1. The highest BCUT2D eigenvalue weighted by Crippen LogP contribution is 2.32. The Labute approximate surface area is 271 Å². The number of aliphatic hydroxyl groups is 1. The van der Waals surface area contributed by atoms with Crippen molar-refractivity contribution in [2.24, 2.45) is 29.4 Å². The van der Waals surface area contributed by atoms with E-state index in [9.17, 15) is 9.90 Å². The van der Waals surface area contributed by atoms with Crippen molar-refractivity contribution in [3.63, 3.8) is 0 Å². The number of nitrogens with one attached hydrogen (secondary N) is 1. The molecule has 252 valence electrons. The largest absolute Gasteiger partial charge is 0.493 e. The van der Waals surface area contributed by atoms with Crippen molar-refractivity contribution in [2.75, 3.05) is 27.4 Å². The molecule has 1 aliphatic carbocycles. The SMILES string of the molecule is COCCCOc1cc(C[C@@H](C[C@H](N)[C@@H](O)C[C@H](C(=O)N[C@@H]2CCC[C@H]2OCc2ccccc2)C(C)C)C(C)C)ccc1OC. The molecule has 0 bridgehead atoms. The highest BCUT2D eigenvalue weighted by atomic mass is 16.5. The molecule has 0 spiro atoms. The smallest absolute Gasteiger partial charge is 0.223 e. The van der Waals surface area contributed by atoms with Crippen molar-refractivity contribution in [1.82, 2.24) is 5.32 Å². The Morgan fingerprint density at radius 2 is 1.71 bits per heavy atom. The van der Waals surface area contributed by atoms with Crippen LogP contribution in [0, 0.1) is 23.7 Å². The molecular formula is C37H58N2O6. The first-order chi connectivity index (χ1) is 21.6. The number of benzene rings is 2. The second-order valence-electron chi connectivity index (χ2n) is 13.3. The summed E-state index contributed by atoms with van der Waals surface area (Å²) in [5.41, 5.74) is 8.92. The van der Waals surface area contributed by atoms with Gasteiger partial charge in [0, 0.05) is 32.1 Å². The van der Waals surface area contributed by atoms with Crippen molar-refractivity contribution in [3.8, 4) is 11.5 Å². The normalized spacial score (nSPS) is 19.3. The van der Waals surface area contributed by atoms with Gasteiger partial charge in [0.2, 0.25) is 5.91 Å². The number of amides is 1. The van der Waals surface area contributed by atoms with E-state index in [1.165, 1.54) is 0 Å². The second kappa shape index (κ2) is 19.1. The molecule has 0 aromatic heterocycles. The zero-order chi connectivity index (χ0) is 32.8. The van der Waals surface area contributed by atoms with Gasteiger partial charge in [0.25, 0.3) is 0 Å². The molecule has 8 heteroatoms. The maximum Gasteiger partial charge on any atom is 0.223 e. The molecule has 0 radical (unpaired) electrons. The van der Waals surface area contributed by atoms with Gasteiger partial charge in [-0.05, 0) is 79.5 Å². The van der Waals surface area contributed by atoms with Crippen LogP contribution in [-0.2, 0) is 27.3 Å². The number of methoxy groups -OCH3 is 2. The van der Waals surface area contributed by atoms with E-state index in [1.54, 1.807) is 14.2 Å². The fraction of sp³-hybridized carbons (Fsp3) is 0.649. The Morgan fingerprint density at radius 1 is 0.956 bits per heavy atom. The third-order valence-corrected chi connectivity index (χ3v) is 9.21. The molecule has 8 nitrogen and oxygen atoms in total. The van der Waals surface area contributed by atoms with E-state index < -0.39 is 12.1 Å². The standard InChI is InChI=1S/C37H58N2O6/c1-25(2)29(20-28-16-17-35(43-6)36(21-28)44-19-11-18-42-5)22-31(38)33(40)23-30(26(3)4)37(41)39-32-14-10-15-34(32)45-24-27-12-8-7-9-13-27/h7-9,12-13,16-17,21,25-26,29-34,40H,10-11,14-15,18-20,22-24,38H2,1-6H3,(H,39,41)/t29-,30-,31-,32+,33-,34+/m0/s1. The molecule has 0 saturated heterocycles. The molecule has 0 heterocycles. The van der Waals surface area contributed by atoms with E-state index in [-0.39, 0.29) is 35.8 Å².